The van der Waals surface area contributed by atoms with Gasteiger partial charge in [0.25, 0.3) is 0 Å². The van der Waals surface area contributed by atoms with Crippen molar-refractivity contribution in [2.45, 2.75) is 136 Å². The molecule has 1 amide bonds. The smallest absolute Gasteiger partial charge is 0.463 e. The number of nitrogens with one attached hydrogen (secondary N) is 1. The molecule has 0 saturated carbocycles. The highest BCUT2D eigenvalue weighted by Gasteiger charge is 2.23. The van der Waals surface area contributed by atoms with Gasteiger partial charge in [0.2, 0.25) is 5.91 Å². The predicted octanol–water partition coefficient (Wildman–Crippen LogP) is 8.98. The van der Waals surface area contributed by atoms with Crippen molar-refractivity contribution in [2.75, 3.05) is 26.4 Å². The highest BCUT2D eigenvalue weighted by Crippen LogP contribution is 2.42. The molecule has 0 radical (unpaired) electrons. The fourth-order valence-corrected chi connectivity index (χ4v) is 5.04. The first-order valence-corrected chi connectivity index (χ1v) is 19.3. The fraction of sp³-hybridized carbons (Fsp3) is 0.676. The van der Waals surface area contributed by atoms with Gasteiger partial charge in [-0.1, -0.05) is 120 Å². The van der Waals surface area contributed by atoms with E-state index < -0.39 is 26.5 Å². The third-order valence-electron chi connectivity index (χ3n) is 6.96. The summed E-state index contributed by atoms with van der Waals surface area (Å²) >= 11 is 0. The van der Waals surface area contributed by atoms with Gasteiger partial charge >= 0.3 is 13.8 Å². The Kier molecular flexibility index (Phi) is 32.0. The van der Waals surface area contributed by atoms with Gasteiger partial charge in [0.1, 0.15) is 12.7 Å². The molecule has 0 aromatic carbocycles. The zero-order valence-corrected chi connectivity index (χ0v) is 30.1. The van der Waals surface area contributed by atoms with E-state index in [4.69, 9.17) is 13.8 Å². The van der Waals surface area contributed by atoms with Crippen molar-refractivity contribution >= 4 is 19.7 Å². The van der Waals surface area contributed by atoms with E-state index in [1.54, 1.807) is 0 Å². The highest BCUT2D eigenvalue weighted by atomic mass is 31.2. The first-order chi connectivity index (χ1) is 22.8. The molecule has 47 heavy (non-hydrogen) atoms. The van der Waals surface area contributed by atoms with Crippen LogP contribution in [0.1, 0.15) is 129 Å². The van der Waals surface area contributed by atoms with Gasteiger partial charge in [-0.15, -0.1) is 0 Å². The van der Waals surface area contributed by atoms with Crippen molar-refractivity contribution in [3.63, 3.8) is 0 Å². The largest absolute Gasteiger partial charge is 0.472 e. The second-order valence-corrected chi connectivity index (χ2v) is 12.9. The quantitative estimate of drug-likeness (QED) is 0.0278. The number of hydrogen-bond acceptors (Lipinski definition) is 7. The second kappa shape index (κ2) is 33.6. The summed E-state index contributed by atoms with van der Waals surface area (Å²) in [7, 11) is -4.41. The van der Waals surface area contributed by atoms with Gasteiger partial charge < -0.3 is 20.1 Å². The lowest BCUT2D eigenvalue weighted by molar-refractivity contribution is -0.147. The third kappa shape index (κ3) is 34.9. The van der Waals surface area contributed by atoms with Crippen LogP contribution in [-0.2, 0) is 27.9 Å². The number of esters is 1. The van der Waals surface area contributed by atoms with E-state index in [1.165, 1.54) is 25.7 Å². The van der Waals surface area contributed by atoms with E-state index in [9.17, 15) is 24.2 Å². The second-order valence-electron chi connectivity index (χ2n) is 11.5. The summed E-state index contributed by atoms with van der Waals surface area (Å²) < 4.78 is 26.6. The Morgan fingerprint density at radius 2 is 1.21 bits per heavy atom. The molecule has 0 aliphatic rings. The van der Waals surface area contributed by atoms with Crippen LogP contribution in [0.5, 0.6) is 0 Å². The van der Waals surface area contributed by atoms with E-state index in [0.29, 0.717) is 12.8 Å². The summed E-state index contributed by atoms with van der Waals surface area (Å²) in [6.45, 7) is 3.32. The summed E-state index contributed by atoms with van der Waals surface area (Å²) in [6.07, 6.45) is 37.4. The molecule has 0 rings (SSSR count). The molecule has 0 aromatic rings. The molecule has 0 fully saturated rings. The number of carbonyl (C=O) groups excluding carboxylic acids is 2. The van der Waals surface area contributed by atoms with Crippen molar-refractivity contribution in [1.82, 2.24) is 5.32 Å². The molecule has 0 aliphatic carbocycles. The van der Waals surface area contributed by atoms with E-state index in [1.807, 2.05) is 0 Å². The number of phosphoric acid groups is 1. The summed E-state index contributed by atoms with van der Waals surface area (Å²) in [5.41, 5.74) is 0. The third-order valence-corrected chi connectivity index (χ3v) is 7.95. The number of rotatable bonds is 32. The van der Waals surface area contributed by atoms with Crippen LogP contribution in [0.4, 0.5) is 0 Å². The van der Waals surface area contributed by atoms with Crippen molar-refractivity contribution in [2.24, 2.45) is 0 Å². The average Bonchev–Trinajstić information content (AvgIpc) is 3.05. The SMILES string of the molecule is CC/C=C\C/C=C\C/C=C\C/C=C\C/C=C\CCCCCC(=O)OCC(O)COP(=O)(O)OCCNC(=O)CCCCCCCCC. The van der Waals surface area contributed by atoms with E-state index in [2.05, 4.69) is 79.9 Å². The minimum absolute atomic E-state index is 0.0751. The lowest BCUT2D eigenvalue weighted by Crippen LogP contribution is -2.27. The van der Waals surface area contributed by atoms with Crippen molar-refractivity contribution in [3.05, 3.63) is 60.8 Å². The Hall–Kier alpha value is -2.29. The molecule has 2 atom stereocenters. The number of phosphoric ester groups is 1. The fourth-order valence-electron chi connectivity index (χ4n) is 4.29. The number of unbranched alkanes of at least 4 members (excludes halogenated alkanes) is 9. The topological polar surface area (TPSA) is 131 Å². The van der Waals surface area contributed by atoms with Gasteiger partial charge in [0.15, 0.2) is 0 Å². The minimum atomic E-state index is -4.41. The molecular weight excluding hydrogens is 617 g/mol. The molecule has 0 aromatic heterocycles. The van der Waals surface area contributed by atoms with Crippen LogP contribution >= 0.6 is 7.82 Å². The number of carbonyl (C=O) groups is 2. The van der Waals surface area contributed by atoms with Gasteiger partial charge in [0.05, 0.1) is 13.2 Å². The van der Waals surface area contributed by atoms with Crippen LogP contribution in [0.15, 0.2) is 60.8 Å². The maximum absolute atomic E-state index is 12.0. The van der Waals surface area contributed by atoms with Gasteiger partial charge in [0, 0.05) is 19.4 Å². The standard InChI is InChI=1S/C37H64NO8P/c1-3-5-7-9-11-12-13-14-15-16-17-18-19-20-21-22-24-26-28-30-37(41)44-33-35(39)34-46-47(42,43)45-32-31-38-36(40)29-27-25-23-10-8-6-4-2/h5,7,11-12,14-15,17-18,20-21,35,39H,3-4,6,8-10,13,16,19,22-34H2,1-2H3,(H,38,40)(H,42,43)/b7-5-,12-11-,15-14-,18-17-,21-20-. The average molecular weight is 682 g/mol. The number of aliphatic hydroxyl groups excluding tert-OH is 1. The van der Waals surface area contributed by atoms with E-state index in [0.717, 1.165) is 70.6 Å². The molecule has 9 nitrogen and oxygen atoms in total. The van der Waals surface area contributed by atoms with Crippen LogP contribution in [-0.4, -0.2) is 54.3 Å². The van der Waals surface area contributed by atoms with Gasteiger partial charge in [-0.2, -0.15) is 0 Å². The number of hydrogen-bond donors (Lipinski definition) is 3. The molecule has 3 N–H and O–H groups in total. The van der Waals surface area contributed by atoms with E-state index in [-0.39, 0.29) is 32.1 Å². The number of amides is 1. The molecule has 0 saturated heterocycles. The number of aliphatic hydroxyl groups is 1. The molecule has 270 valence electrons. The van der Waals surface area contributed by atoms with E-state index >= 15 is 0 Å². The molecular formula is C37H64NO8P. The van der Waals surface area contributed by atoms with Crippen LogP contribution in [0.25, 0.3) is 0 Å². The predicted molar refractivity (Wildman–Crippen MR) is 192 cm³/mol. The van der Waals surface area contributed by atoms with Crippen LogP contribution in [0.2, 0.25) is 0 Å². The lowest BCUT2D eigenvalue weighted by Gasteiger charge is -2.15. The van der Waals surface area contributed by atoms with Gasteiger partial charge in [-0.25, -0.2) is 4.57 Å². The Labute approximate surface area is 285 Å². The Bertz CT molecular complexity index is 960. The number of ether oxygens (including phenoxy) is 1. The molecule has 2 unspecified atom stereocenters. The highest BCUT2D eigenvalue weighted by molar-refractivity contribution is 7.47. The van der Waals surface area contributed by atoms with Crippen LogP contribution in [0.3, 0.4) is 0 Å². The van der Waals surface area contributed by atoms with Crippen LogP contribution in [0, 0.1) is 0 Å². The molecule has 0 spiro atoms. The Morgan fingerprint density at radius 1 is 0.681 bits per heavy atom. The van der Waals surface area contributed by atoms with Gasteiger partial charge in [-0.3, -0.25) is 18.6 Å². The summed E-state index contributed by atoms with van der Waals surface area (Å²) in [5, 5.41) is 12.6. The van der Waals surface area contributed by atoms with Gasteiger partial charge in [-0.05, 0) is 57.8 Å². The molecule has 0 bridgehead atoms. The number of allylic oxidation sites excluding steroid dienone is 10. The lowest BCUT2D eigenvalue weighted by atomic mass is 10.1. The Morgan fingerprint density at radius 3 is 1.83 bits per heavy atom. The summed E-state index contributed by atoms with van der Waals surface area (Å²) in [5.74, 6) is -0.562. The molecule has 10 heteroatoms. The minimum Gasteiger partial charge on any atom is -0.463 e. The molecule has 0 heterocycles. The van der Waals surface area contributed by atoms with Crippen LogP contribution < -0.4 is 5.32 Å². The van der Waals surface area contributed by atoms with Crippen molar-refractivity contribution < 1.29 is 37.9 Å². The monoisotopic (exact) mass is 681 g/mol. The first-order valence-electron chi connectivity index (χ1n) is 17.8. The Balaban J connectivity index is 3.72. The normalized spacial score (nSPS) is 14.2. The zero-order chi connectivity index (χ0) is 34.7. The summed E-state index contributed by atoms with van der Waals surface area (Å²) in [4.78, 5) is 33.5. The maximum atomic E-state index is 12.0. The van der Waals surface area contributed by atoms with Crippen molar-refractivity contribution in [1.29, 1.82) is 0 Å². The maximum Gasteiger partial charge on any atom is 0.472 e. The molecule has 0 aliphatic heterocycles. The zero-order valence-electron chi connectivity index (χ0n) is 29.2. The summed E-state index contributed by atoms with van der Waals surface area (Å²) in [6, 6.07) is 0. The first kappa shape index (κ1) is 44.7. The van der Waals surface area contributed by atoms with Crippen molar-refractivity contribution in [3.8, 4) is 0 Å².